The van der Waals surface area contributed by atoms with E-state index < -0.39 is 0 Å². The SMILES string of the molecule is Fc1ccc2[nH]cc(C3CCC(CCN4CCN(c5ccccn5)CC4)CC3)c2c1. The highest BCUT2D eigenvalue weighted by Gasteiger charge is 2.25. The van der Waals surface area contributed by atoms with E-state index in [4.69, 9.17) is 0 Å². The third-order valence-electron chi connectivity index (χ3n) is 7.16. The van der Waals surface area contributed by atoms with Gasteiger partial charge < -0.3 is 9.88 Å². The van der Waals surface area contributed by atoms with Crippen LogP contribution in [0.4, 0.5) is 10.2 Å². The molecule has 1 saturated carbocycles. The van der Waals surface area contributed by atoms with Crippen LogP contribution in [-0.4, -0.2) is 47.6 Å². The number of halogens is 1. The molecule has 1 N–H and O–H groups in total. The minimum Gasteiger partial charge on any atom is -0.361 e. The lowest BCUT2D eigenvalue weighted by Gasteiger charge is -2.36. The van der Waals surface area contributed by atoms with Crippen molar-refractivity contribution in [2.45, 2.75) is 38.0 Å². The number of fused-ring (bicyclic) bond motifs is 1. The van der Waals surface area contributed by atoms with E-state index in [0.29, 0.717) is 5.92 Å². The fourth-order valence-electron chi connectivity index (χ4n) is 5.32. The molecule has 1 saturated heterocycles. The van der Waals surface area contributed by atoms with Crippen molar-refractivity contribution >= 4 is 16.7 Å². The molecule has 1 aromatic carbocycles. The summed E-state index contributed by atoms with van der Waals surface area (Å²) >= 11 is 0. The molecule has 5 heteroatoms. The second kappa shape index (κ2) is 8.76. The number of hydrogen-bond donors (Lipinski definition) is 1. The van der Waals surface area contributed by atoms with Gasteiger partial charge >= 0.3 is 0 Å². The summed E-state index contributed by atoms with van der Waals surface area (Å²) < 4.78 is 13.7. The number of aromatic nitrogens is 2. The molecule has 3 heterocycles. The van der Waals surface area contributed by atoms with Gasteiger partial charge in [-0.15, -0.1) is 0 Å². The number of hydrogen-bond acceptors (Lipinski definition) is 3. The second-order valence-corrected chi connectivity index (χ2v) is 8.96. The Hall–Kier alpha value is -2.40. The number of aromatic amines is 1. The lowest BCUT2D eigenvalue weighted by atomic mass is 9.77. The zero-order valence-electron chi connectivity index (χ0n) is 17.6. The molecule has 5 rings (SSSR count). The minimum atomic E-state index is -0.139. The summed E-state index contributed by atoms with van der Waals surface area (Å²) in [6, 6.07) is 11.2. The molecule has 0 amide bonds. The van der Waals surface area contributed by atoms with E-state index in [0.717, 1.165) is 48.8 Å². The third-order valence-corrected chi connectivity index (χ3v) is 7.16. The van der Waals surface area contributed by atoms with Crippen molar-refractivity contribution in [2.75, 3.05) is 37.6 Å². The van der Waals surface area contributed by atoms with Crippen LogP contribution in [0.15, 0.2) is 48.8 Å². The molecule has 158 valence electrons. The Morgan fingerprint density at radius 3 is 2.60 bits per heavy atom. The molecule has 0 unspecified atom stereocenters. The molecule has 30 heavy (non-hydrogen) atoms. The molecule has 4 nitrogen and oxygen atoms in total. The van der Waals surface area contributed by atoms with Gasteiger partial charge in [0.25, 0.3) is 0 Å². The molecule has 3 aromatic rings. The van der Waals surface area contributed by atoms with Crippen molar-refractivity contribution in [3.8, 4) is 0 Å². The van der Waals surface area contributed by atoms with E-state index in [1.54, 1.807) is 6.07 Å². The predicted molar refractivity (Wildman–Crippen MR) is 120 cm³/mol. The van der Waals surface area contributed by atoms with E-state index >= 15 is 0 Å². The van der Waals surface area contributed by atoms with Gasteiger partial charge in [0.1, 0.15) is 11.6 Å². The van der Waals surface area contributed by atoms with Gasteiger partial charge in [0.05, 0.1) is 0 Å². The van der Waals surface area contributed by atoms with E-state index in [1.807, 2.05) is 18.3 Å². The van der Waals surface area contributed by atoms with Gasteiger partial charge in [0.2, 0.25) is 0 Å². The lowest BCUT2D eigenvalue weighted by Crippen LogP contribution is -2.47. The van der Waals surface area contributed by atoms with Crippen LogP contribution in [-0.2, 0) is 0 Å². The van der Waals surface area contributed by atoms with E-state index in [2.05, 4.69) is 38.1 Å². The van der Waals surface area contributed by atoms with Crippen LogP contribution in [0.1, 0.15) is 43.6 Å². The number of benzene rings is 1. The van der Waals surface area contributed by atoms with Crippen LogP contribution in [0, 0.1) is 11.7 Å². The van der Waals surface area contributed by atoms with E-state index in [9.17, 15) is 4.39 Å². The number of anilines is 1. The minimum absolute atomic E-state index is 0.139. The van der Waals surface area contributed by atoms with Crippen molar-refractivity contribution in [1.29, 1.82) is 0 Å². The number of rotatable bonds is 5. The van der Waals surface area contributed by atoms with Crippen molar-refractivity contribution < 1.29 is 4.39 Å². The van der Waals surface area contributed by atoms with Crippen molar-refractivity contribution in [3.63, 3.8) is 0 Å². The van der Waals surface area contributed by atoms with Gasteiger partial charge in [0.15, 0.2) is 0 Å². The van der Waals surface area contributed by atoms with Gasteiger partial charge in [-0.3, -0.25) is 4.90 Å². The standard InChI is InChI=1S/C25H31FN4/c26-21-8-9-24-22(17-21)23(18-28-24)20-6-4-19(5-7-20)10-12-29-13-15-30(16-14-29)25-3-1-2-11-27-25/h1-3,8-9,11,17-20,28H,4-7,10,12-16H2. The highest BCUT2D eigenvalue weighted by Crippen LogP contribution is 2.39. The molecule has 2 fully saturated rings. The van der Waals surface area contributed by atoms with Crippen LogP contribution in [0.2, 0.25) is 0 Å². The summed E-state index contributed by atoms with van der Waals surface area (Å²) in [6.45, 7) is 5.62. The van der Waals surface area contributed by atoms with Gasteiger partial charge in [-0.1, -0.05) is 6.07 Å². The molecule has 1 aliphatic carbocycles. The molecule has 0 radical (unpaired) electrons. The highest BCUT2D eigenvalue weighted by atomic mass is 19.1. The van der Waals surface area contributed by atoms with Gasteiger partial charge in [-0.05, 0) is 86.4 Å². The van der Waals surface area contributed by atoms with Crippen LogP contribution in [0.3, 0.4) is 0 Å². The Labute approximate surface area is 178 Å². The van der Waals surface area contributed by atoms with E-state index in [1.165, 1.54) is 50.3 Å². The Morgan fingerprint density at radius 1 is 1.00 bits per heavy atom. The lowest BCUT2D eigenvalue weighted by molar-refractivity contribution is 0.216. The van der Waals surface area contributed by atoms with Crippen molar-refractivity contribution in [1.82, 2.24) is 14.9 Å². The summed E-state index contributed by atoms with van der Waals surface area (Å²) in [5, 5.41) is 1.07. The Balaban J connectivity index is 1.08. The number of nitrogens with zero attached hydrogens (tertiary/aromatic N) is 3. The van der Waals surface area contributed by atoms with Gasteiger partial charge in [-0.2, -0.15) is 0 Å². The summed E-state index contributed by atoms with van der Waals surface area (Å²) in [5.41, 5.74) is 2.37. The molecular formula is C25H31FN4. The van der Waals surface area contributed by atoms with Crippen molar-refractivity contribution in [2.24, 2.45) is 5.92 Å². The largest absolute Gasteiger partial charge is 0.361 e. The van der Waals surface area contributed by atoms with Gasteiger partial charge in [0, 0.05) is 49.5 Å². The maximum atomic E-state index is 13.7. The molecule has 0 atom stereocenters. The maximum Gasteiger partial charge on any atom is 0.128 e. The smallest absolute Gasteiger partial charge is 0.128 e. The second-order valence-electron chi connectivity index (χ2n) is 8.96. The number of piperazine rings is 1. The first kappa shape index (κ1) is 19.6. The summed E-state index contributed by atoms with van der Waals surface area (Å²) in [4.78, 5) is 12.8. The first-order chi connectivity index (χ1) is 14.8. The predicted octanol–water partition coefficient (Wildman–Crippen LogP) is 5.19. The average Bonchev–Trinajstić information content (AvgIpc) is 3.22. The highest BCUT2D eigenvalue weighted by molar-refractivity contribution is 5.83. The summed E-state index contributed by atoms with van der Waals surface area (Å²) in [5.74, 6) is 2.36. The van der Waals surface area contributed by atoms with E-state index in [-0.39, 0.29) is 5.82 Å². The molecule has 0 bridgehead atoms. The number of nitrogens with one attached hydrogen (secondary N) is 1. The van der Waals surface area contributed by atoms with Crippen LogP contribution < -0.4 is 4.90 Å². The summed E-state index contributed by atoms with van der Waals surface area (Å²) in [7, 11) is 0. The Morgan fingerprint density at radius 2 is 1.83 bits per heavy atom. The summed E-state index contributed by atoms with van der Waals surface area (Å²) in [6.07, 6.45) is 10.3. The molecule has 0 spiro atoms. The monoisotopic (exact) mass is 406 g/mol. The van der Waals surface area contributed by atoms with Crippen LogP contribution in [0.5, 0.6) is 0 Å². The third kappa shape index (κ3) is 4.22. The topological polar surface area (TPSA) is 35.2 Å². The quantitative estimate of drug-likeness (QED) is 0.633. The van der Waals surface area contributed by atoms with Crippen molar-refractivity contribution in [3.05, 3.63) is 60.2 Å². The molecular weight excluding hydrogens is 375 g/mol. The van der Waals surface area contributed by atoms with Crippen LogP contribution >= 0.6 is 0 Å². The molecule has 2 aliphatic rings. The fraction of sp³-hybridized carbons (Fsp3) is 0.480. The Kier molecular flexibility index (Phi) is 5.71. The first-order valence-electron chi connectivity index (χ1n) is 11.4. The zero-order chi connectivity index (χ0) is 20.3. The molecule has 1 aliphatic heterocycles. The van der Waals surface area contributed by atoms with Crippen LogP contribution in [0.25, 0.3) is 10.9 Å². The maximum absolute atomic E-state index is 13.7. The average molecular weight is 407 g/mol. The number of pyridine rings is 1. The normalized spacial score (nSPS) is 23.2. The zero-order valence-corrected chi connectivity index (χ0v) is 17.6. The number of H-pyrrole nitrogens is 1. The van der Waals surface area contributed by atoms with Gasteiger partial charge in [-0.25, -0.2) is 9.37 Å². The molecule has 2 aromatic heterocycles. The Bertz CT molecular complexity index is 954. The fourth-order valence-corrected chi connectivity index (χ4v) is 5.32. The first-order valence-corrected chi connectivity index (χ1v) is 11.4.